The Morgan fingerprint density at radius 1 is 1.17 bits per heavy atom. The predicted octanol–water partition coefficient (Wildman–Crippen LogP) is 4.59. The number of hydrogen-bond donors (Lipinski definition) is 2. The number of benzene rings is 2. The van der Waals surface area contributed by atoms with E-state index in [2.05, 4.69) is 10.3 Å². The summed E-state index contributed by atoms with van der Waals surface area (Å²) in [5, 5.41) is 4.24. The number of rotatable bonds is 5. The van der Waals surface area contributed by atoms with Crippen LogP contribution in [0.4, 0.5) is 5.69 Å². The molecule has 0 aromatic heterocycles. The molecule has 2 aromatic carbocycles. The van der Waals surface area contributed by atoms with Gasteiger partial charge in [-0.2, -0.15) is 0 Å². The Balaban J connectivity index is 0.00000264. The van der Waals surface area contributed by atoms with Crippen LogP contribution in [-0.4, -0.2) is 19.6 Å². The molecule has 0 saturated carbocycles. The first-order valence-electron chi connectivity index (χ1n) is 6.73. The topological polar surface area (TPSA) is 59.6 Å². The van der Waals surface area contributed by atoms with Crippen LogP contribution in [0.15, 0.2) is 47.5 Å². The zero-order chi connectivity index (χ0) is 15.9. The van der Waals surface area contributed by atoms with Gasteiger partial charge in [0.2, 0.25) is 0 Å². The molecular formula is C16H18Cl2IN3O. The summed E-state index contributed by atoms with van der Waals surface area (Å²) in [5.41, 5.74) is 7.78. The number of methoxy groups -OCH3 is 1. The summed E-state index contributed by atoms with van der Waals surface area (Å²) in [4.78, 5) is 4.29. The van der Waals surface area contributed by atoms with Crippen LogP contribution in [0.1, 0.15) is 5.56 Å². The number of nitrogens with two attached hydrogens (primary N) is 1. The third kappa shape index (κ3) is 6.45. The van der Waals surface area contributed by atoms with E-state index in [0.717, 1.165) is 22.7 Å². The van der Waals surface area contributed by atoms with Gasteiger partial charge in [0.1, 0.15) is 5.75 Å². The molecule has 124 valence electrons. The maximum absolute atomic E-state index is 6.05. The van der Waals surface area contributed by atoms with Gasteiger partial charge in [-0.05, 0) is 42.3 Å². The molecule has 0 bridgehead atoms. The van der Waals surface area contributed by atoms with Gasteiger partial charge in [-0.15, -0.1) is 24.0 Å². The number of aliphatic imine (C=N–C) groups is 1. The minimum Gasteiger partial charge on any atom is -0.495 e. The Bertz CT molecular complexity index is 663. The fourth-order valence-corrected chi connectivity index (χ4v) is 2.27. The van der Waals surface area contributed by atoms with E-state index in [-0.39, 0.29) is 24.0 Å². The summed E-state index contributed by atoms with van der Waals surface area (Å²) in [5.74, 6) is 0.959. The maximum atomic E-state index is 6.05. The fraction of sp³-hybridized carbons (Fsp3) is 0.188. The monoisotopic (exact) mass is 465 g/mol. The van der Waals surface area contributed by atoms with Gasteiger partial charge in [-0.3, -0.25) is 4.99 Å². The number of hydrogen-bond acceptors (Lipinski definition) is 2. The predicted molar refractivity (Wildman–Crippen MR) is 109 cm³/mol. The molecule has 2 aromatic rings. The van der Waals surface area contributed by atoms with Crippen molar-refractivity contribution in [1.82, 2.24) is 0 Å². The van der Waals surface area contributed by atoms with E-state index in [1.54, 1.807) is 19.2 Å². The fourth-order valence-electron chi connectivity index (χ4n) is 1.89. The Labute approximate surface area is 163 Å². The van der Waals surface area contributed by atoms with Crippen LogP contribution < -0.4 is 15.8 Å². The summed E-state index contributed by atoms with van der Waals surface area (Å²) in [6, 6.07) is 13.0. The highest BCUT2D eigenvalue weighted by Crippen LogP contribution is 2.27. The summed E-state index contributed by atoms with van der Waals surface area (Å²) in [6.45, 7) is 0.588. The molecule has 0 spiro atoms. The van der Waals surface area contributed by atoms with Gasteiger partial charge in [-0.25, -0.2) is 0 Å². The van der Waals surface area contributed by atoms with Crippen LogP contribution >= 0.6 is 47.2 Å². The van der Waals surface area contributed by atoms with E-state index >= 15 is 0 Å². The quantitative estimate of drug-likeness (QED) is 0.385. The molecule has 0 heterocycles. The second kappa shape index (κ2) is 9.85. The molecular weight excluding hydrogens is 448 g/mol. The van der Waals surface area contributed by atoms with Crippen LogP contribution in [0.25, 0.3) is 0 Å². The van der Waals surface area contributed by atoms with Crippen LogP contribution in [0.3, 0.4) is 0 Å². The number of anilines is 1. The van der Waals surface area contributed by atoms with Gasteiger partial charge in [0.05, 0.1) is 12.1 Å². The van der Waals surface area contributed by atoms with Gasteiger partial charge >= 0.3 is 0 Å². The lowest BCUT2D eigenvalue weighted by Crippen LogP contribution is -2.23. The number of halogens is 3. The lowest BCUT2D eigenvalue weighted by molar-refractivity contribution is 0.415. The zero-order valence-corrected chi connectivity index (χ0v) is 16.4. The maximum Gasteiger partial charge on any atom is 0.193 e. The summed E-state index contributed by atoms with van der Waals surface area (Å²) >= 11 is 11.9. The molecule has 23 heavy (non-hydrogen) atoms. The standard InChI is InChI=1S/C16H17Cl2N3O.HI/c1-22-15-7-6-13(10-14(15)18)21-16(19)20-9-8-11-2-4-12(17)5-3-11;/h2-7,10H,8-9H2,1H3,(H3,19,20,21);1H. The number of ether oxygens (including phenoxy) is 1. The summed E-state index contributed by atoms with van der Waals surface area (Å²) in [6.07, 6.45) is 0.795. The average molecular weight is 466 g/mol. The number of nitrogens with one attached hydrogen (secondary N) is 1. The Kier molecular flexibility index (Phi) is 8.51. The molecule has 0 aliphatic carbocycles. The molecule has 0 radical (unpaired) electrons. The molecule has 7 heteroatoms. The Morgan fingerprint density at radius 3 is 2.48 bits per heavy atom. The van der Waals surface area contributed by atoms with Crippen LogP contribution in [0, 0.1) is 0 Å². The largest absolute Gasteiger partial charge is 0.495 e. The summed E-state index contributed by atoms with van der Waals surface area (Å²) in [7, 11) is 1.57. The number of nitrogens with zero attached hydrogens (tertiary/aromatic N) is 1. The van der Waals surface area contributed by atoms with Crippen molar-refractivity contribution < 1.29 is 4.74 Å². The summed E-state index contributed by atoms with van der Waals surface area (Å²) < 4.78 is 5.10. The average Bonchev–Trinajstić information content (AvgIpc) is 2.49. The molecule has 0 aliphatic rings. The van der Waals surface area contributed by atoms with E-state index in [9.17, 15) is 0 Å². The molecule has 0 unspecified atom stereocenters. The van der Waals surface area contributed by atoms with Crippen molar-refractivity contribution in [2.45, 2.75) is 6.42 Å². The second-order valence-corrected chi connectivity index (χ2v) is 5.46. The second-order valence-electron chi connectivity index (χ2n) is 4.62. The SMILES string of the molecule is COc1ccc(NC(N)=NCCc2ccc(Cl)cc2)cc1Cl.I. The highest BCUT2D eigenvalue weighted by atomic mass is 127. The van der Waals surface area contributed by atoms with Crippen LogP contribution in [-0.2, 0) is 6.42 Å². The van der Waals surface area contributed by atoms with Crippen molar-refractivity contribution in [1.29, 1.82) is 0 Å². The lowest BCUT2D eigenvalue weighted by atomic mass is 10.1. The molecule has 0 atom stereocenters. The molecule has 0 amide bonds. The molecule has 0 saturated heterocycles. The van der Waals surface area contributed by atoms with Gasteiger partial charge in [0, 0.05) is 17.3 Å². The van der Waals surface area contributed by atoms with E-state index in [0.29, 0.717) is 23.3 Å². The lowest BCUT2D eigenvalue weighted by Gasteiger charge is -2.08. The minimum absolute atomic E-state index is 0. The first-order chi connectivity index (χ1) is 10.6. The van der Waals surface area contributed by atoms with E-state index in [4.69, 9.17) is 33.7 Å². The Hall–Kier alpha value is -1.18. The van der Waals surface area contributed by atoms with E-state index in [1.807, 2.05) is 30.3 Å². The van der Waals surface area contributed by atoms with Gasteiger partial charge in [-0.1, -0.05) is 35.3 Å². The van der Waals surface area contributed by atoms with E-state index < -0.39 is 0 Å². The van der Waals surface area contributed by atoms with E-state index in [1.165, 1.54) is 0 Å². The number of guanidine groups is 1. The van der Waals surface area contributed by atoms with Crippen LogP contribution in [0.2, 0.25) is 10.0 Å². The normalized spacial score (nSPS) is 10.8. The van der Waals surface area contributed by atoms with Crippen molar-refractivity contribution in [2.24, 2.45) is 10.7 Å². The van der Waals surface area contributed by atoms with Gasteiger partial charge in [0.15, 0.2) is 5.96 Å². The first kappa shape index (κ1) is 19.9. The molecule has 0 aliphatic heterocycles. The Morgan fingerprint density at radius 2 is 1.87 bits per heavy atom. The highest BCUT2D eigenvalue weighted by Gasteiger charge is 2.02. The van der Waals surface area contributed by atoms with Crippen LogP contribution in [0.5, 0.6) is 5.75 Å². The van der Waals surface area contributed by atoms with Crippen molar-refractivity contribution in [3.05, 3.63) is 58.1 Å². The third-order valence-corrected chi connectivity index (χ3v) is 3.57. The molecule has 0 fully saturated rings. The molecule has 3 N–H and O–H groups in total. The molecule has 2 rings (SSSR count). The van der Waals surface area contributed by atoms with Gasteiger partial charge < -0.3 is 15.8 Å². The van der Waals surface area contributed by atoms with Gasteiger partial charge in [0.25, 0.3) is 0 Å². The van der Waals surface area contributed by atoms with Crippen molar-refractivity contribution in [2.75, 3.05) is 19.0 Å². The molecule has 4 nitrogen and oxygen atoms in total. The first-order valence-corrected chi connectivity index (χ1v) is 7.49. The third-order valence-electron chi connectivity index (χ3n) is 3.02. The van der Waals surface area contributed by atoms with Crippen molar-refractivity contribution >= 4 is 58.8 Å². The highest BCUT2D eigenvalue weighted by molar-refractivity contribution is 14.0. The van der Waals surface area contributed by atoms with Crippen molar-refractivity contribution in [3.63, 3.8) is 0 Å². The van der Waals surface area contributed by atoms with Crippen molar-refractivity contribution in [3.8, 4) is 5.75 Å². The smallest absolute Gasteiger partial charge is 0.193 e. The minimum atomic E-state index is 0. The zero-order valence-electron chi connectivity index (χ0n) is 12.6.